The van der Waals surface area contributed by atoms with Crippen LogP contribution < -0.4 is 10.1 Å². The van der Waals surface area contributed by atoms with E-state index < -0.39 is 5.82 Å². The number of aromatic nitrogens is 1. The van der Waals surface area contributed by atoms with Crippen LogP contribution in [-0.2, 0) is 6.54 Å². The number of benzene rings is 2. The van der Waals surface area contributed by atoms with Crippen molar-refractivity contribution in [2.45, 2.75) is 33.4 Å². The van der Waals surface area contributed by atoms with Crippen LogP contribution in [0.2, 0.25) is 0 Å². The van der Waals surface area contributed by atoms with Crippen LogP contribution in [0.1, 0.15) is 45.8 Å². The highest BCUT2D eigenvalue weighted by atomic mass is 19.1. The molecule has 0 aliphatic heterocycles. The van der Waals surface area contributed by atoms with Gasteiger partial charge in [0.1, 0.15) is 6.10 Å². The second-order valence-electron chi connectivity index (χ2n) is 6.75. The fourth-order valence-corrected chi connectivity index (χ4v) is 2.89. The first-order valence-corrected chi connectivity index (χ1v) is 9.15. The van der Waals surface area contributed by atoms with E-state index in [1.807, 2.05) is 39.0 Å². The van der Waals surface area contributed by atoms with Gasteiger partial charge in [-0.2, -0.15) is 0 Å². The van der Waals surface area contributed by atoms with E-state index in [0.29, 0.717) is 12.1 Å². The Morgan fingerprint density at radius 2 is 1.86 bits per heavy atom. The van der Waals surface area contributed by atoms with Crippen molar-refractivity contribution in [3.8, 4) is 5.75 Å². The monoisotopic (exact) mass is 378 g/mol. The van der Waals surface area contributed by atoms with Gasteiger partial charge < -0.3 is 10.1 Å². The number of aryl methyl sites for hydroxylation is 2. The number of pyridine rings is 1. The lowest BCUT2D eigenvalue weighted by Gasteiger charge is -2.16. The molecule has 0 fully saturated rings. The minimum atomic E-state index is -0.397. The number of halogens is 1. The number of nitrogens with one attached hydrogen (secondary N) is 1. The average Bonchev–Trinajstić information content (AvgIpc) is 2.69. The van der Waals surface area contributed by atoms with Gasteiger partial charge in [-0.15, -0.1) is 0 Å². The van der Waals surface area contributed by atoms with Gasteiger partial charge in [0, 0.05) is 24.0 Å². The van der Waals surface area contributed by atoms with Gasteiger partial charge in [-0.25, -0.2) is 4.39 Å². The van der Waals surface area contributed by atoms with Crippen molar-refractivity contribution in [1.29, 1.82) is 0 Å². The van der Waals surface area contributed by atoms with Crippen molar-refractivity contribution in [1.82, 2.24) is 10.3 Å². The lowest BCUT2D eigenvalue weighted by Crippen LogP contribution is -2.23. The molecular weight excluding hydrogens is 355 g/mol. The molecule has 1 amide bonds. The maximum Gasteiger partial charge on any atom is 0.251 e. The summed E-state index contributed by atoms with van der Waals surface area (Å²) < 4.78 is 19.4. The van der Waals surface area contributed by atoms with Gasteiger partial charge in [-0.1, -0.05) is 24.3 Å². The fourth-order valence-electron chi connectivity index (χ4n) is 2.89. The second kappa shape index (κ2) is 8.65. The maximum atomic E-state index is 13.7. The summed E-state index contributed by atoms with van der Waals surface area (Å²) in [6.45, 7) is 6.21. The summed E-state index contributed by atoms with van der Waals surface area (Å²) in [5.74, 6) is -0.348. The molecule has 4 nitrogen and oxygen atoms in total. The maximum absolute atomic E-state index is 13.7. The van der Waals surface area contributed by atoms with Crippen LogP contribution in [0.4, 0.5) is 4.39 Å². The summed E-state index contributed by atoms with van der Waals surface area (Å²) >= 11 is 0. The van der Waals surface area contributed by atoms with Crippen molar-refractivity contribution in [3.63, 3.8) is 0 Å². The smallest absolute Gasteiger partial charge is 0.251 e. The number of hydrogen-bond acceptors (Lipinski definition) is 3. The SMILES string of the molecule is Cc1cc(C)c(CNC(=O)c2ccc(C(C)Oc3ccccc3F)cc2)cn1. The van der Waals surface area contributed by atoms with E-state index in [9.17, 15) is 9.18 Å². The summed E-state index contributed by atoms with van der Waals surface area (Å²) in [4.78, 5) is 16.7. The Labute approximate surface area is 164 Å². The van der Waals surface area contributed by atoms with Gasteiger partial charge in [0.2, 0.25) is 0 Å². The van der Waals surface area contributed by atoms with Crippen molar-refractivity contribution in [3.05, 3.63) is 94.6 Å². The summed E-state index contributed by atoms with van der Waals surface area (Å²) in [6, 6.07) is 15.4. The van der Waals surface area contributed by atoms with Crippen molar-refractivity contribution >= 4 is 5.91 Å². The fraction of sp³-hybridized carbons (Fsp3) is 0.217. The number of rotatable bonds is 6. The van der Waals surface area contributed by atoms with Crippen LogP contribution in [0.15, 0.2) is 60.8 Å². The molecule has 0 saturated heterocycles. The minimum Gasteiger partial charge on any atom is -0.483 e. The number of nitrogens with zero attached hydrogens (tertiary/aromatic N) is 1. The molecule has 0 aliphatic carbocycles. The van der Waals surface area contributed by atoms with Gasteiger partial charge >= 0.3 is 0 Å². The largest absolute Gasteiger partial charge is 0.483 e. The standard InChI is InChI=1S/C23H23FN2O2/c1-15-12-16(2)25-13-20(15)14-26-23(27)19-10-8-18(9-11-19)17(3)28-22-7-5-4-6-21(22)24/h4-13,17H,14H2,1-3H3,(H,26,27). The van der Waals surface area contributed by atoms with Crippen LogP contribution in [0.3, 0.4) is 0 Å². The molecule has 2 aromatic carbocycles. The highest BCUT2D eigenvalue weighted by Gasteiger charge is 2.12. The molecule has 0 saturated carbocycles. The average molecular weight is 378 g/mol. The number of carbonyl (C=O) groups excluding carboxylic acids is 1. The number of ether oxygens (including phenoxy) is 1. The lowest BCUT2D eigenvalue weighted by molar-refractivity contribution is 0.0950. The molecule has 28 heavy (non-hydrogen) atoms. The summed E-state index contributed by atoms with van der Waals surface area (Å²) in [5.41, 5.74) is 4.46. The molecule has 1 heterocycles. The first-order chi connectivity index (χ1) is 13.4. The van der Waals surface area contributed by atoms with E-state index in [-0.39, 0.29) is 17.8 Å². The van der Waals surface area contributed by atoms with E-state index in [4.69, 9.17) is 4.74 Å². The predicted molar refractivity (Wildman–Crippen MR) is 107 cm³/mol. The molecule has 5 heteroatoms. The van der Waals surface area contributed by atoms with Gasteiger partial charge in [0.15, 0.2) is 11.6 Å². The van der Waals surface area contributed by atoms with Crippen LogP contribution in [0.25, 0.3) is 0 Å². The molecule has 1 atom stereocenters. The van der Waals surface area contributed by atoms with E-state index >= 15 is 0 Å². The Bertz CT molecular complexity index is 971. The molecule has 1 aromatic heterocycles. The zero-order chi connectivity index (χ0) is 20.1. The third kappa shape index (κ3) is 4.74. The Morgan fingerprint density at radius 1 is 1.14 bits per heavy atom. The molecule has 1 N–H and O–H groups in total. The van der Waals surface area contributed by atoms with Crippen molar-refractivity contribution in [2.24, 2.45) is 0 Å². The van der Waals surface area contributed by atoms with E-state index in [1.165, 1.54) is 6.07 Å². The Balaban J connectivity index is 1.61. The van der Waals surface area contributed by atoms with Gasteiger partial charge in [0.05, 0.1) is 0 Å². The predicted octanol–water partition coefficient (Wildman–Crippen LogP) is 4.91. The van der Waals surface area contributed by atoms with Gasteiger partial charge in [0.25, 0.3) is 5.91 Å². The first-order valence-electron chi connectivity index (χ1n) is 9.15. The Kier molecular flexibility index (Phi) is 6.04. The quantitative estimate of drug-likeness (QED) is 0.663. The Morgan fingerprint density at radius 3 is 2.54 bits per heavy atom. The number of amides is 1. The zero-order valence-electron chi connectivity index (χ0n) is 16.2. The van der Waals surface area contributed by atoms with Crippen molar-refractivity contribution in [2.75, 3.05) is 0 Å². The lowest BCUT2D eigenvalue weighted by atomic mass is 10.1. The molecule has 0 radical (unpaired) electrons. The molecule has 0 spiro atoms. The molecular formula is C23H23FN2O2. The summed E-state index contributed by atoms with van der Waals surface area (Å²) in [6.07, 6.45) is 1.45. The molecule has 0 bridgehead atoms. The molecule has 144 valence electrons. The van der Waals surface area contributed by atoms with Crippen LogP contribution >= 0.6 is 0 Å². The third-order valence-electron chi connectivity index (χ3n) is 4.58. The second-order valence-corrected chi connectivity index (χ2v) is 6.75. The summed E-state index contributed by atoms with van der Waals surface area (Å²) in [5, 5.41) is 2.91. The van der Waals surface area contributed by atoms with Gasteiger partial charge in [-0.05, 0) is 67.8 Å². The number of hydrogen-bond donors (Lipinski definition) is 1. The third-order valence-corrected chi connectivity index (χ3v) is 4.58. The van der Waals surface area contributed by atoms with Crippen LogP contribution in [0.5, 0.6) is 5.75 Å². The highest BCUT2D eigenvalue weighted by Crippen LogP contribution is 2.24. The van der Waals surface area contributed by atoms with Crippen LogP contribution in [-0.4, -0.2) is 10.9 Å². The summed E-state index contributed by atoms with van der Waals surface area (Å²) in [7, 11) is 0. The topological polar surface area (TPSA) is 51.2 Å². The Hall–Kier alpha value is -3.21. The molecule has 3 rings (SSSR count). The van der Waals surface area contributed by atoms with Crippen molar-refractivity contribution < 1.29 is 13.9 Å². The molecule has 3 aromatic rings. The molecule has 0 aliphatic rings. The normalized spacial score (nSPS) is 11.7. The van der Waals surface area contributed by atoms with E-state index in [1.54, 1.807) is 36.5 Å². The number of carbonyl (C=O) groups is 1. The van der Waals surface area contributed by atoms with Gasteiger partial charge in [-0.3, -0.25) is 9.78 Å². The molecule has 1 unspecified atom stereocenters. The number of para-hydroxylation sites is 1. The highest BCUT2D eigenvalue weighted by molar-refractivity contribution is 5.94. The zero-order valence-corrected chi connectivity index (χ0v) is 16.2. The van der Waals surface area contributed by atoms with Crippen LogP contribution in [0, 0.1) is 19.7 Å². The first kappa shape index (κ1) is 19.5. The van der Waals surface area contributed by atoms with E-state index in [2.05, 4.69) is 10.3 Å². The minimum absolute atomic E-state index is 0.158. The van der Waals surface area contributed by atoms with E-state index in [0.717, 1.165) is 22.4 Å².